The van der Waals surface area contributed by atoms with Crippen molar-refractivity contribution in [3.63, 3.8) is 0 Å². The van der Waals surface area contributed by atoms with Crippen molar-refractivity contribution in [1.82, 2.24) is 0 Å². The Kier molecular flexibility index (Phi) is 7.96. The van der Waals surface area contributed by atoms with E-state index in [9.17, 15) is 0 Å². The summed E-state index contributed by atoms with van der Waals surface area (Å²) >= 11 is 0. The van der Waals surface area contributed by atoms with Gasteiger partial charge in [0.2, 0.25) is 0 Å². The van der Waals surface area contributed by atoms with Gasteiger partial charge in [-0.2, -0.15) is 0 Å². The lowest BCUT2D eigenvalue weighted by atomic mass is 9.81. The van der Waals surface area contributed by atoms with Gasteiger partial charge in [-0.3, -0.25) is 0 Å². The fraction of sp³-hybridized carbons (Fsp3) is 0.100. The summed E-state index contributed by atoms with van der Waals surface area (Å²) in [5.41, 5.74) is 22.7. The Morgan fingerprint density at radius 1 is 0.339 bits per heavy atom. The van der Waals surface area contributed by atoms with Crippen LogP contribution in [-0.4, -0.2) is 0 Å². The maximum Gasteiger partial charge on any atom is 0.136 e. The van der Waals surface area contributed by atoms with Gasteiger partial charge in [-0.1, -0.05) is 179 Å². The first kappa shape index (κ1) is 36.4. The fourth-order valence-electron chi connectivity index (χ4n) is 10.7. The highest BCUT2D eigenvalue weighted by Gasteiger charge is 2.40. The average Bonchev–Trinajstić information content (AvgIpc) is 3.88. The molecular formula is C60H45NO. The van der Waals surface area contributed by atoms with Gasteiger partial charge in [-0.25, -0.2) is 0 Å². The monoisotopic (exact) mass is 795 g/mol. The van der Waals surface area contributed by atoms with Crippen molar-refractivity contribution in [2.24, 2.45) is 0 Å². The van der Waals surface area contributed by atoms with Crippen LogP contribution in [0.2, 0.25) is 0 Å². The lowest BCUT2D eigenvalue weighted by Gasteiger charge is -2.30. The third kappa shape index (κ3) is 5.43. The maximum absolute atomic E-state index is 6.65. The van der Waals surface area contributed by atoms with E-state index in [1.165, 1.54) is 83.3 Å². The number of anilines is 3. The number of hydrogen-bond donors (Lipinski definition) is 0. The van der Waals surface area contributed by atoms with E-state index in [1.807, 2.05) is 0 Å². The molecular weight excluding hydrogens is 751 g/mol. The van der Waals surface area contributed by atoms with E-state index < -0.39 is 0 Å². The molecule has 0 atom stereocenters. The summed E-state index contributed by atoms with van der Waals surface area (Å²) in [6, 6.07) is 73.4. The predicted molar refractivity (Wildman–Crippen MR) is 260 cm³/mol. The molecule has 9 aromatic carbocycles. The van der Waals surface area contributed by atoms with Crippen molar-refractivity contribution >= 4 is 39.0 Å². The Hall–Kier alpha value is -7.42. The van der Waals surface area contributed by atoms with Gasteiger partial charge in [0.15, 0.2) is 0 Å². The van der Waals surface area contributed by atoms with Gasteiger partial charge in [0.1, 0.15) is 11.2 Å². The van der Waals surface area contributed by atoms with Crippen LogP contribution < -0.4 is 4.90 Å². The van der Waals surface area contributed by atoms with Crippen molar-refractivity contribution in [2.75, 3.05) is 4.90 Å². The van der Waals surface area contributed by atoms with Crippen LogP contribution in [0.25, 0.3) is 77.6 Å². The number of nitrogens with zero attached hydrogens (tertiary/aromatic N) is 1. The normalized spacial score (nSPS) is 14.1. The first-order chi connectivity index (χ1) is 30.3. The van der Waals surface area contributed by atoms with Gasteiger partial charge in [-0.15, -0.1) is 0 Å². The molecule has 62 heavy (non-hydrogen) atoms. The third-order valence-corrected chi connectivity index (χ3v) is 13.9. The standard InChI is InChI=1S/C60H45NO/c1-59(2)50-21-13-11-19-46(50)47-33-31-44(35-51(47)59)61(43-29-27-41(28-30-43)40-25-23-39(24-26-40)38-15-7-5-8-16-38)45-32-34-48-52(36-45)60(3,4)53-37-55-58(49-20-12-14-22-54(49)62-55)56(57(48)53)42-17-9-6-10-18-42/h5-37H,1-4H3. The van der Waals surface area contributed by atoms with Gasteiger partial charge in [0.25, 0.3) is 0 Å². The Labute approximate surface area is 363 Å². The molecule has 2 heteroatoms. The first-order valence-corrected chi connectivity index (χ1v) is 21.8. The Balaban J connectivity index is 1.02. The highest BCUT2D eigenvalue weighted by molar-refractivity contribution is 6.17. The largest absolute Gasteiger partial charge is 0.456 e. The summed E-state index contributed by atoms with van der Waals surface area (Å²) in [6.45, 7) is 9.48. The Morgan fingerprint density at radius 3 is 1.50 bits per heavy atom. The van der Waals surface area contributed by atoms with Gasteiger partial charge in [-0.05, 0) is 121 Å². The number of hydrogen-bond acceptors (Lipinski definition) is 2. The first-order valence-electron chi connectivity index (χ1n) is 21.8. The lowest BCUT2D eigenvalue weighted by Crippen LogP contribution is -2.18. The second kappa shape index (κ2) is 13.5. The summed E-state index contributed by atoms with van der Waals surface area (Å²) in [4.78, 5) is 2.46. The second-order valence-corrected chi connectivity index (χ2v) is 18.1. The molecule has 2 aliphatic rings. The Morgan fingerprint density at radius 2 is 0.823 bits per heavy atom. The van der Waals surface area contributed by atoms with Crippen LogP contribution in [0.1, 0.15) is 49.9 Å². The SMILES string of the molecule is CC1(C)c2ccccc2-c2ccc(N(c3ccc(-c4ccc(-c5ccccc5)cc4)cc3)c3ccc4c(c3)C(C)(C)c3cc5oc6ccccc6c5c(-c5ccccc5)c3-4)cc21. The molecule has 10 aromatic rings. The number of furan rings is 1. The molecule has 0 aliphatic heterocycles. The molecule has 1 heterocycles. The molecule has 0 N–H and O–H groups in total. The molecule has 12 rings (SSSR count). The Bertz CT molecular complexity index is 3370. The van der Waals surface area contributed by atoms with E-state index in [-0.39, 0.29) is 10.8 Å². The van der Waals surface area contributed by atoms with E-state index in [0.717, 1.165) is 33.6 Å². The van der Waals surface area contributed by atoms with Crippen molar-refractivity contribution in [2.45, 2.75) is 38.5 Å². The van der Waals surface area contributed by atoms with Crippen LogP contribution in [0.3, 0.4) is 0 Å². The predicted octanol–water partition coefficient (Wildman–Crippen LogP) is 16.7. The molecule has 0 unspecified atom stereocenters. The molecule has 0 amide bonds. The maximum atomic E-state index is 6.65. The van der Waals surface area contributed by atoms with E-state index in [4.69, 9.17) is 4.42 Å². The van der Waals surface area contributed by atoms with Gasteiger partial charge in [0, 0.05) is 44.2 Å². The van der Waals surface area contributed by atoms with Crippen LogP contribution in [0.5, 0.6) is 0 Å². The summed E-state index contributed by atoms with van der Waals surface area (Å²) in [6.07, 6.45) is 0. The molecule has 0 saturated carbocycles. The number of fused-ring (bicyclic) bond motifs is 9. The smallest absolute Gasteiger partial charge is 0.136 e. The van der Waals surface area contributed by atoms with Gasteiger partial charge >= 0.3 is 0 Å². The quantitative estimate of drug-likeness (QED) is 0.167. The van der Waals surface area contributed by atoms with Crippen LogP contribution in [0.15, 0.2) is 205 Å². The van der Waals surface area contributed by atoms with Crippen LogP contribution in [0.4, 0.5) is 17.1 Å². The van der Waals surface area contributed by atoms with E-state index >= 15 is 0 Å². The van der Waals surface area contributed by atoms with E-state index in [0.29, 0.717) is 0 Å². The molecule has 0 bridgehead atoms. The summed E-state index contributed by atoms with van der Waals surface area (Å²) in [5, 5.41) is 2.33. The van der Waals surface area contributed by atoms with Crippen molar-refractivity contribution in [1.29, 1.82) is 0 Å². The average molecular weight is 796 g/mol. The summed E-state index contributed by atoms with van der Waals surface area (Å²) in [7, 11) is 0. The molecule has 2 aliphatic carbocycles. The zero-order chi connectivity index (χ0) is 41.7. The minimum Gasteiger partial charge on any atom is -0.456 e. The van der Waals surface area contributed by atoms with Crippen molar-refractivity contribution in [3.05, 3.63) is 222 Å². The number of benzene rings is 9. The topological polar surface area (TPSA) is 16.4 Å². The highest BCUT2D eigenvalue weighted by Crippen LogP contribution is 2.57. The molecule has 0 spiro atoms. The minimum absolute atomic E-state index is 0.125. The minimum atomic E-state index is -0.291. The van der Waals surface area contributed by atoms with Crippen LogP contribution in [0, 0.1) is 0 Å². The molecule has 1 aromatic heterocycles. The number of rotatable bonds is 6. The van der Waals surface area contributed by atoms with Crippen molar-refractivity contribution < 1.29 is 4.42 Å². The third-order valence-electron chi connectivity index (χ3n) is 13.9. The zero-order valence-corrected chi connectivity index (χ0v) is 35.4. The fourth-order valence-corrected chi connectivity index (χ4v) is 10.7. The second-order valence-electron chi connectivity index (χ2n) is 18.1. The molecule has 296 valence electrons. The highest BCUT2D eigenvalue weighted by atomic mass is 16.3. The van der Waals surface area contributed by atoms with E-state index in [1.54, 1.807) is 0 Å². The summed E-state index contributed by atoms with van der Waals surface area (Å²) < 4.78 is 6.65. The van der Waals surface area contributed by atoms with Crippen LogP contribution >= 0.6 is 0 Å². The zero-order valence-electron chi connectivity index (χ0n) is 35.4. The lowest BCUT2D eigenvalue weighted by molar-refractivity contribution is 0.647. The molecule has 2 nitrogen and oxygen atoms in total. The molecule has 0 fully saturated rings. The molecule has 0 saturated heterocycles. The van der Waals surface area contributed by atoms with Gasteiger partial charge in [0.05, 0.1) is 0 Å². The molecule has 0 radical (unpaired) electrons. The van der Waals surface area contributed by atoms with E-state index in [2.05, 4.69) is 233 Å². The van der Waals surface area contributed by atoms with Crippen molar-refractivity contribution in [3.8, 4) is 55.6 Å². The van der Waals surface area contributed by atoms with Gasteiger partial charge < -0.3 is 9.32 Å². The number of para-hydroxylation sites is 1. The van der Waals surface area contributed by atoms with Crippen LogP contribution in [-0.2, 0) is 10.8 Å². The summed E-state index contributed by atoms with van der Waals surface area (Å²) in [5.74, 6) is 0.